The van der Waals surface area contributed by atoms with E-state index in [-0.39, 0.29) is 24.7 Å². The molecule has 0 radical (unpaired) electrons. The number of hydrogen-bond donors (Lipinski definition) is 2. The van der Waals surface area contributed by atoms with Gasteiger partial charge in [0.1, 0.15) is 6.61 Å². The second-order valence-corrected chi connectivity index (χ2v) is 5.39. The first-order chi connectivity index (χ1) is 11.1. The van der Waals surface area contributed by atoms with Gasteiger partial charge in [-0.25, -0.2) is 0 Å². The zero-order chi connectivity index (χ0) is 16.7. The zero-order valence-corrected chi connectivity index (χ0v) is 13.1. The van der Waals surface area contributed by atoms with Gasteiger partial charge in [-0.15, -0.1) is 0 Å². The lowest BCUT2D eigenvalue weighted by Gasteiger charge is -2.31. The van der Waals surface area contributed by atoms with E-state index in [2.05, 4.69) is 5.32 Å². The molecule has 7 nitrogen and oxygen atoms in total. The third kappa shape index (κ3) is 5.31. The van der Waals surface area contributed by atoms with Gasteiger partial charge in [0.05, 0.1) is 25.4 Å². The van der Waals surface area contributed by atoms with Gasteiger partial charge in [0.15, 0.2) is 0 Å². The maximum Gasteiger partial charge on any atom is 0.251 e. The van der Waals surface area contributed by atoms with Crippen molar-refractivity contribution < 1.29 is 23.8 Å². The van der Waals surface area contributed by atoms with E-state index in [9.17, 15) is 9.59 Å². The van der Waals surface area contributed by atoms with E-state index in [1.807, 2.05) is 12.1 Å². The Bertz CT molecular complexity index is 532. The van der Waals surface area contributed by atoms with E-state index in [1.165, 1.54) is 0 Å². The highest BCUT2D eigenvalue weighted by Gasteiger charge is 2.28. The van der Waals surface area contributed by atoms with Gasteiger partial charge in [-0.2, -0.15) is 0 Å². The van der Waals surface area contributed by atoms with Gasteiger partial charge in [0.2, 0.25) is 5.91 Å². The molecule has 0 bridgehead atoms. The largest absolute Gasteiger partial charge is 0.380 e. The van der Waals surface area contributed by atoms with Crippen molar-refractivity contribution in [2.45, 2.75) is 25.2 Å². The smallest absolute Gasteiger partial charge is 0.251 e. The lowest BCUT2D eigenvalue weighted by molar-refractivity contribution is -0.128. The topological polar surface area (TPSA) is 99.9 Å². The molecule has 3 N–H and O–H groups in total. The third-order valence-electron chi connectivity index (χ3n) is 3.58. The fourth-order valence-electron chi connectivity index (χ4n) is 2.41. The van der Waals surface area contributed by atoms with Gasteiger partial charge in [-0.1, -0.05) is 12.1 Å². The van der Waals surface area contributed by atoms with E-state index in [1.54, 1.807) is 19.2 Å². The number of rotatable bonds is 7. The Kier molecular flexibility index (Phi) is 6.52. The number of ether oxygens (including phenoxy) is 3. The standard InChI is InChI=1S/C16H22N2O5/c1-21-8-11-2-4-12(5-3-11)16(20)18-13-9-22-7-6-14(13)23-10-15(17)19/h2-5,13-14H,6-10H2,1H3,(H2,17,19)(H,18,20)/t13-,14+/m1/s1. The Morgan fingerprint density at radius 2 is 2.09 bits per heavy atom. The van der Waals surface area contributed by atoms with Gasteiger partial charge >= 0.3 is 0 Å². The van der Waals surface area contributed by atoms with Crippen molar-refractivity contribution in [1.29, 1.82) is 0 Å². The summed E-state index contributed by atoms with van der Waals surface area (Å²) in [7, 11) is 1.62. The second kappa shape index (κ2) is 8.61. The predicted octanol–water partition coefficient (Wildman–Crippen LogP) is 0.222. The predicted molar refractivity (Wildman–Crippen MR) is 82.8 cm³/mol. The van der Waals surface area contributed by atoms with Gasteiger partial charge in [-0.3, -0.25) is 9.59 Å². The molecule has 2 rings (SSSR count). The maximum atomic E-state index is 12.3. The highest BCUT2D eigenvalue weighted by molar-refractivity contribution is 5.94. The molecule has 126 valence electrons. The first kappa shape index (κ1) is 17.4. The Hall–Kier alpha value is -1.96. The molecule has 2 atom stereocenters. The number of carbonyl (C=O) groups excluding carboxylic acids is 2. The van der Waals surface area contributed by atoms with Crippen LogP contribution >= 0.6 is 0 Å². The van der Waals surface area contributed by atoms with E-state index in [4.69, 9.17) is 19.9 Å². The fraction of sp³-hybridized carbons (Fsp3) is 0.500. The van der Waals surface area contributed by atoms with Crippen LogP contribution in [0.2, 0.25) is 0 Å². The normalized spacial score (nSPS) is 20.9. The van der Waals surface area contributed by atoms with Crippen LogP contribution in [0.1, 0.15) is 22.3 Å². The third-order valence-corrected chi connectivity index (χ3v) is 3.58. The first-order valence-electron chi connectivity index (χ1n) is 7.46. The van der Waals surface area contributed by atoms with Crippen LogP contribution in [0.15, 0.2) is 24.3 Å². The van der Waals surface area contributed by atoms with Crippen molar-refractivity contribution in [3.63, 3.8) is 0 Å². The molecule has 0 saturated carbocycles. The molecule has 0 spiro atoms. The summed E-state index contributed by atoms with van der Waals surface area (Å²) in [6, 6.07) is 6.86. The summed E-state index contributed by atoms with van der Waals surface area (Å²) >= 11 is 0. The number of methoxy groups -OCH3 is 1. The van der Waals surface area contributed by atoms with E-state index in [0.717, 1.165) is 5.56 Å². The number of carbonyl (C=O) groups is 2. The molecular weight excluding hydrogens is 300 g/mol. The molecule has 1 aliphatic heterocycles. The van der Waals surface area contributed by atoms with Crippen molar-refractivity contribution in [3.05, 3.63) is 35.4 Å². The lowest BCUT2D eigenvalue weighted by atomic mass is 10.1. The average Bonchev–Trinajstić information content (AvgIpc) is 2.55. The van der Waals surface area contributed by atoms with Crippen LogP contribution in [-0.4, -0.2) is 50.9 Å². The quantitative estimate of drug-likeness (QED) is 0.748. The van der Waals surface area contributed by atoms with Gasteiger partial charge < -0.3 is 25.3 Å². The van der Waals surface area contributed by atoms with Crippen LogP contribution < -0.4 is 11.1 Å². The van der Waals surface area contributed by atoms with Crippen LogP contribution in [0.5, 0.6) is 0 Å². The monoisotopic (exact) mass is 322 g/mol. The number of amides is 2. The number of nitrogens with one attached hydrogen (secondary N) is 1. The summed E-state index contributed by atoms with van der Waals surface area (Å²) in [5.41, 5.74) is 6.63. The molecule has 1 aromatic rings. The Balaban J connectivity index is 1.94. The average molecular weight is 322 g/mol. The molecular formula is C16H22N2O5. The van der Waals surface area contributed by atoms with Crippen molar-refractivity contribution in [2.75, 3.05) is 26.9 Å². The minimum absolute atomic E-state index is 0.164. The molecule has 1 saturated heterocycles. The van der Waals surface area contributed by atoms with Crippen molar-refractivity contribution in [2.24, 2.45) is 5.73 Å². The molecule has 1 aliphatic rings. The van der Waals surface area contributed by atoms with Crippen molar-refractivity contribution in [1.82, 2.24) is 5.32 Å². The van der Waals surface area contributed by atoms with Crippen molar-refractivity contribution >= 4 is 11.8 Å². The zero-order valence-electron chi connectivity index (χ0n) is 13.1. The molecule has 1 aromatic carbocycles. The first-order valence-corrected chi connectivity index (χ1v) is 7.46. The summed E-state index contributed by atoms with van der Waals surface area (Å²) in [4.78, 5) is 23.2. The van der Waals surface area contributed by atoms with Crippen LogP contribution in [0.3, 0.4) is 0 Å². The van der Waals surface area contributed by atoms with E-state index >= 15 is 0 Å². The van der Waals surface area contributed by atoms with Crippen LogP contribution in [0, 0.1) is 0 Å². The summed E-state index contributed by atoms with van der Waals surface area (Å²) in [5.74, 6) is -0.743. The summed E-state index contributed by atoms with van der Waals surface area (Å²) in [5, 5.41) is 2.89. The highest BCUT2D eigenvalue weighted by Crippen LogP contribution is 2.13. The molecule has 7 heteroatoms. The molecule has 1 heterocycles. The Morgan fingerprint density at radius 3 is 2.74 bits per heavy atom. The summed E-state index contributed by atoms with van der Waals surface area (Å²) < 4.78 is 15.9. The Labute approximate surface area is 135 Å². The second-order valence-electron chi connectivity index (χ2n) is 5.39. The van der Waals surface area contributed by atoms with Gasteiger partial charge in [0.25, 0.3) is 5.91 Å². The van der Waals surface area contributed by atoms with Crippen LogP contribution in [-0.2, 0) is 25.6 Å². The minimum Gasteiger partial charge on any atom is -0.380 e. The lowest BCUT2D eigenvalue weighted by Crippen LogP contribution is -2.51. The number of nitrogens with two attached hydrogens (primary N) is 1. The molecule has 0 aromatic heterocycles. The van der Waals surface area contributed by atoms with Crippen LogP contribution in [0.4, 0.5) is 0 Å². The molecule has 23 heavy (non-hydrogen) atoms. The number of primary amides is 1. The fourth-order valence-corrected chi connectivity index (χ4v) is 2.41. The number of benzene rings is 1. The minimum atomic E-state index is -0.532. The molecule has 1 fully saturated rings. The molecule has 0 unspecified atom stereocenters. The van der Waals surface area contributed by atoms with E-state index < -0.39 is 5.91 Å². The summed E-state index contributed by atoms with van der Waals surface area (Å²) in [6.07, 6.45) is 0.318. The van der Waals surface area contributed by atoms with E-state index in [0.29, 0.717) is 31.8 Å². The molecule has 2 amide bonds. The maximum absolute atomic E-state index is 12.3. The van der Waals surface area contributed by atoms with Gasteiger partial charge in [0, 0.05) is 19.3 Å². The molecule has 0 aliphatic carbocycles. The summed E-state index contributed by atoms with van der Waals surface area (Å²) in [6.45, 7) is 1.21. The number of hydrogen-bond acceptors (Lipinski definition) is 5. The Morgan fingerprint density at radius 1 is 1.35 bits per heavy atom. The van der Waals surface area contributed by atoms with Crippen molar-refractivity contribution in [3.8, 4) is 0 Å². The highest BCUT2D eigenvalue weighted by atomic mass is 16.5. The van der Waals surface area contributed by atoms with Gasteiger partial charge in [-0.05, 0) is 24.1 Å². The SMILES string of the molecule is COCc1ccc(C(=O)N[C@@H]2COCC[C@@H]2OCC(N)=O)cc1. The van der Waals surface area contributed by atoms with Crippen LogP contribution in [0.25, 0.3) is 0 Å².